The van der Waals surface area contributed by atoms with Crippen molar-refractivity contribution in [1.29, 1.82) is 5.26 Å². The van der Waals surface area contributed by atoms with Crippen LogP contribution >= 0.6 is 0 Å². The highest BCUT2D eigenvalue weighted by molar-refractivity contribution is 5.44. The van der Waals surface area contributed by atoms with Gasteiger partial charge in [0.15, 0.2) is 11.5 Å². The number of aryl methyl sites for hydroxylation is 1. The molecule has 0 bridgehead atoms. The lowest BCUT2D eigenvalue weighted by Gasteiger charge is -2.13. The third-order valence-electron chi connectivity index (χ3n) is 3.77. The Morgan fingerprint density at radius 3 is 2.36 bits per heavy atom. The predicted molar refractivity (Wildman–Crippen MR) is 87.3 cm³/mol. The van der Waals surface area contributed by atoms with Crippen molar-refractivity contribution in [2.45, 2.75) is 25.2 Å². The number of hydrogen-bond acceptors (Lipinski definition) is 3. The van der Waals surface area contributed by atoms with Crippen molar-refractivity contribution in [3.05, 3.63) is 59.7 Å². The Morgan fingerprint density at radius 2 is 1.73 bits per heavy atom. The van der Waals surface area contributed by atoms with Gasteiger partial charge in [0.25, 0.3) is 0 Å². The average molecular weight is 295 g/mol. The third-order valence-corrected chi connectivity index (χ3v) is 3.77. The lowest BCUT2D eigenvalue weighted by molar-refractivity contribution is 0.354. The third kappa shape index (κ3) is 4.02. The van der Waals surface area contributed by atoms with E-state index in [2.05, 4.69) is 18.2 Å². The van der Waals surface area contributed by atoms with E-state index in [9.17, 15) is 5.26 Å². The van der Waals surface area contributed by atoms with Crippen LogP contribution in [0.4, 0.5) is 0 Å². The zero-order chi connectivity index (χ0) is 15.8. The summed E-state index contributed by atoms with van der Waals surface area (Å²) in [6.07, 6.45) is 2.81. The van der Waals surface area contributed by atoms with Crippen LogP contribution in [-0.4, -0.2) is 14.2 Å². The monoisotopic (exact) mass is 295 g/mol. The summed E-state index contributed by atoms with van der Waals surface area (Å²) in [4.78, 5) is 0. The fraction of sp³-hybridized carbons (Fsp3) is 0.316. The van der Waals surface area contributed by atoms with Gasteiger partial charge in [-0.1, -0.05) is 36.4 Å². The first kappa shape index (κ1) is 15.9. The lowest BCUT2D eigenvalue weighted by Crippen LogP contribution is -1.99. The normalized spacial score (nSPS) is 11.5. The molecule has 0 spiro atoms. The SMILES string of the molecule is COc1ccc(C(C#N)CCCc2ccccc2)cc1OC. The summed E-state index contributed by atoms with van der Waals surface area (Å²) in [6.45, 7) is 0. The van der Waals surface area contributed by atoms with Crippen LogP contribution in [-0.2, 0) is 6.42 Å². The van der Waals surface area contributed by atoms with E-state index in [1.54, 1.807) is 14.2 Å². The van der Waals surface area contributed by atoms with Crippen LogP contribution in [0.5, 0.6) is 11.5 Å². The van der Waals surface area contributed by atoms with Crippen molar-refractivity contribution in [2.24, 2.45) is 0 Å². The number of hydrogen-bond donors (Lipinski definition) is 0. The van der Waals surface area contributed by atoms with Crippen molar-refractivity contribution in [3.63, 3.8) is 0 Å². The van der Waals surface area contributed by atoms with Crippen molar-refractivity contribution >= 4 is 0 Å². The molecular formula is C19H21NO2. The molecule has 1 atom stereocenters. The molecule has 3 nitrogen and oxygen atoms in total. The highest BCUT2D eigenvalue weighted by Crippen LogP contribution is 2.32. The van der Waals surface area contributed by atoms with Crippen LogP contribution < -0.4 is 9.47 Å². The van der Waals surface area contributed by atoms with Crippen molar-refractivity contribution in [3.8, 4) is 17.6 Å². The Bertz CT molecular complexity index is 632. The first-order valence-electron chi connectivity index (χ1n) is 7.44. The van der Waals surface area contributed by atoms with E-state index in [0.717, 1.165) is 24.8 Å². The van der Waals surface area contributed by atoms with Gasteiger partial charge in [0.2, 0.25) is 0 Å². The summed E-state index contributed by atoms with van der Waals surface area (Å²) >= 11 is 0. The largest absolute Gasteiger partial charge is 0.493 e. The Labute approximate surface area is 132 Å². The van der Waals surface area contributed by atoms with E-state index in [-0.39, 0.29) is 5.92 Å². The molecule has 0 amide bonds. The van der Waals surface area contributed by atoms with E-state index in [4.69, 9.17) is 9.47 Å². The number of methoxy groups -OCH3 is 2. The van der Waals surface area contributed by atoms with Crippen molar-refractivity contribution < 1.29 is 9.47 Å². The number of nitriles is 1. The number of ether oxygens (including phenoxy) is 2. The quantitative estimate of drug-likeness (QED) is 0.763. The second-order valence-corrected chi connectivity index (χ2v) is 5.17. The molecule has 0 aromatic heterocycles. The van der Waals surface area contributed by atoms with Gasteiger partial charge in [0.05, 0.1) is 26.2 Å². The van der Waals surface area contributed by atoms with Gasteiger partial charge >= 0.3 is 0 Å². The zero-order valence-corrected chi connectivity index (χ0v) is 13.1. The van der Waals surface area contributed by atoms with E-state index in [0.29, 0.717) is 11.5 Å². The molecule has 2 aromatic rings. The van der Waals surface area contributed by atoms with Crippen molar-refractivity contribution in [1.82, 2.24) is 0 Å². The Morgan fingerprint density at radius 1 is 1.00 bits per heavy atom. The Kier molecular flexibility index (Phi) is 5.85. The highest BCUT2D eigenvalue weighted by atomic mass is 16.5. The first-order chi connectivity index (χ1) is 10.8. The summed E-state index contributed by atoms with van der Waals surface area (Å²) in [5.74, 6) is 1.24. The van der Waals surface area contributed by atoms with E-state index < -0.39 is 0 Å². The van der Waals surface area contributed by atoms with Gasteiger partial charge in [-0.2, -0.15) is 5.26 Å². The standard InChI is InChI=1S/C19H21NO2/c1-21-18-12-11-16(13-19(18)22-2)17(14-20)10-6-9-15-7-4-3-5-8-15/h3-5,7-8,11-13,17H,6,9-10H2,1-2H3. The molecule has 0 N–H and O–H groups in total. The highest BCUT2D eigenvalue weighted by Gasteiger charge is 2.13. The number of benzene rings is 2. The first-order valence-corrected chi connectivity index (χ1v) is 7.44. The molecule has 0 radical (unpaired) electrons. The maximum absolute atomic E-state index is 9.44. The molecule has 2 rings (SSSR count). The van der Waals surface area contributed by atoms with Gasteiger partial charge < -0.3 is 9.47 Å². The molecule has 22 heavy (non-hydrogen) atoms. The van der Waals surface area contributed by atoms with Crippen LogP contribution in [0.1, 0.15) is 29.9 Å². The van der Waals surface area contributed by atoms with Crippen LogP contribution in [0, 0.1) is 11.3 Å². The molecule has 0 saturated carbocycles. The minimum atomic E-state index is -0.122. The topological polar surface area (TPSA) is 42.2 Å². The van der Waals surface area contributed by atoms with Gasteiger partial charge in [0.1, 0.15) is 0 Å². The summed E-state index contributed by atoms with van der Waals surface area (Å²) in [5.41, 5.74) is 2.29. The maximum Gasteiger partial charge on any atom is 0.161 e. The lowest BCUT2D eigenvalue weighted by atomic mass is 9.93. The number of rotatable bonds is 7. The molecule has 0 aliphatic rings. The summed E-state index contributed by atoms with van der Waals surface area (Å²) in [5, 5.41) is 9.44. The average Bonchev–Trinajstić information content (AvgIpc) is 2.59. The molecule has 0 fully saturated rings. The van der Waals surface area contributed by atoms with Gasteiger partial charge in [-0.3, -0.25) is 0 Å². The molecule has 0 aliphatic heterocycles. The zero-order valence-electron chi connectivity index (χ0n) is 13.1. The fourth-order valence-corrected chi connectivity index (χ4v) is 2.53. The fourth-order valence-electron chi connectivity index (χ4n) is 2.53. The molecule has 3 heteroatoms. The minimum Gasteiger partial charge on any atom is -0.493 e. The van der Waals surface area contributed by atoms with Crippen LogP contribution in [0.2, 0.25) is 0 Å². The molecule has 0 saturated heterocycles. The predicted octanol–water partition coefficient (Wildman–Crippen LogP) is 4.33. The second-order valence-electron chi connectivity index (χ2n) is 5.17. The van der Waals surface area contributed by atoms with Gasteiger partial charge in [-0.25, -0.2) is 0 Å². The molecule has 0 aliphatic carbocycles. The summed E-state index contributed by atoms with van der Waals surface area (Å²) in [7, 11) is 3.22. The summed E-state index contributed by atoms with van der Waals surface area (Å²) in [6, 6.07) is 18.5. The Hall–Kier alpha value is -2.47. The summed E-state index contributed by atoms with van der Waals surface area (Å²) < 4.78 is 10.5. The maximum atomic E-state index is 9.44. The van der Waals surface area contributed by atoms with Gasteiger partial charge in [-0.15, -0.1) is 0 Å². The number of nitrogens with zero attached hydrogens (tertiary/aromatic N) is 1. The molecule has 0 heterocycles. The van der Waals surface area contributed by atoms with Crippen molar-refractivity contribution in [2.75, 3.05) is 14.2 Å². The van der Waals surface area contributed by atoms with Crippen LogP contribution in [0.15, 0.2) is 48.5 Å². The Balaban J connectivity index is 2.01. The van der Waals surface area contributed by atoms with E-state index in [1.807, 2.05) is 36.4 Å². The molecule has 2 aromatic carbocycles. The second kappa shape index (κ2) is 8.09. The smallest absolute Gasteiger partial charge is 0.161 e. The molecule has 1 unspecified atom stereocenters. The van der Waals surface area contributed by atoms with E-state index >= 15 is 0 Å². The van der Waals surface area contributed by atoms with E-state index in [1.165, 1.54) is 5.56 Å². The van der Waals surface area contributed by atoms with Crippen LogP contribution in [0.3, 0.4) is 0 Å². The minimum absolute atomic E-state index is 0.122. The molecular weight excluding hydrogens is 274 g/mol. The van der Waals surface area contributed by atoms with Gasteiger partial charge in [-0.05, 0) is 42.5 Å². The van der Waals surface area contributed by atoms with Gasteiger partial charge in [0, 0.05) is 0 Å². The molecule has 114 valence electrons. The van der Waals surface area contributed by atoms with Crippen LogP contribution in [0.25, 0.3) is 0 Å².